The minimum atomic E-state index is -0.765. The van der Waals surface area contributed by atoms with Gasteiger partial charge in [-0.05, 0) is 18.1 Å². The van der Waals surface area contributed by atoms with Gasteiger partial charge in [0.15, 0.2) is 5.69 Å². The lowest BCUT2D eigenvalue weighted by Gasteiger charge is -2.17. The van der Waals surface area contributed by atoms with Crippen LogP contribution >= 0.6 is 0 Å². The van der Waals surface area contributed by atoms with Crippen molar-refractivity contribution in [2.75, 3.05) is 13.1 Å². The van der Waals surface area contributed by atoms with Crippen LogP contribution in [0.5, 0.6) is 0 Å². The van der Waals surface area contributed by atoms with Crippen LogP contribution in [0.3, 0.4) is 0 Å². The second-order valence-electron chi connectivity index (χ2n) is 6.17. The zero-order chi connectivity index (χ0) is 17.8. The Bertz CT molecular complexity index is 757. The molecule has 1 aliphatic heterocycles. The molecule has 3 rings (SSSR count). The number of nitrogens with zero attached hydrogens (tertiary/aromatic N) is 3. The number of aryl methyl sites for hydroxylation is 1. The van der Waals surface area contributed by atoms with Gasteiger partial charge < -0.3 is 15.3 Å². The van der Waals surface area contributed by atoms with E-state index in [0.717, 1.165) is 17.7 Å². The number of nitrogens with one attached hydrogen (secondary N) is 1. The first-order valence-corrected chi connectivity index (χ1v) is 8.38. The molecule has 2 N–H and O–H groups in total. The minimum Gasteiger partial charge on any atom is -0.387 e. The lowest BCUT2D eigenvalue weighted by molar-refractivity contribution is -0.129. The van der Waals surface area contributed by atoms with Crippen molar-refractivity contribution in [1.82, 2.24) is 20.0 Å². The van der Waals surface area contributed by atoms with E-state index in [-0.39, 0.29) is 18.4 Å². The molecule has 0 fully saturated rings. The second kappa shape index (κ2) is 7.48. The summed E-state index contributed by atoms with van der Waals surface area (Å²) in [4.78, 5) is 25.7. The molecule has 0 bridgehead atoms. The number of hydrogen-bond acceptors (Lipinski definition) is 4. The van der Waals surface area contributed by atoms with E-state index >= 15 is 0 Å². The average Bonchev–Trinajstić information content (AvgIpc) is 2.91. The van der Waals surface area contributed by atoms with Gasteiger partial charge in [0.05, 0.1) is 18.3 Å². The van der Waals surface area contributed by atoms with E-state index in [2.05, 4.69) is 10.4 Å². The Balaban J connectivity index is 1.64. The maximum Gasteiger partial charge on any atom is 0.271 e. The van der Waals surface area contributed by atoms with Crippen molar-refractivity contribution < 1.29 is 14.7 Å². The zero-order valence-electron chi connectivity index (χ0n) is 14.2. The third-order valence-electron chi connectivity index (χ3n) is 4.33. The molecule has 0 saturated carbocycles. The van der Waals surface area contributed by atoms with Gasteiger partial charge >= 0.3 is 0 Å². The molecule has 25 heavy (non-hydrogen) atoms. The van der Waals surface area contributed by atoms with Gasteiger partial charge in [0, 0.05) is 26.6 Å². The number of carbonyl (C=O) groups excluding carboxylic acids is 2. The second-order valence-corrected chi connectivity index (χ2v) is 6.17. The van der Waals surface area contributed by atoms with Crippen LogP contribution in [-0.2, 0) is 17.9 Å². The number of benzene rings is 1. The van der Waals surface area contributed by atoms with Gasteiger partial charge in [0.1, 0.15) is 0 Å². The van der Waals surface area contributed by atoms with E-state index < -0.39 is 6.10 Å². The van der Waals surface area contributed by atoms with Gasteiger partial charge in [-0.2, -0.15) is 5.10 Å². The summed E-state index contributed by atoms with van der Waals surface area (Å²) >= 11 is 0. The SMILES string of the molecule is CC(=O)N1CCCn2nc(C(=O)NC[C@@H](O)c3ccccc3)cc2C1. The third-order valence-corrected chi connectivity index (χ3v) is 4.33. The summed E-state index contributed by atoms with van der Waals surface area (Å²) < 4.78 is 1.78. The van der Waals surface area contributed by atoms with Crippen molar-refractivity contribution in [3.8, 4) is 0 Å². The molecule has 0 saturated heterocycles. The van der Waals surface area contributed by atoms with Gasteiger partial charge in [-0.15, -0.1) is 0 Å². The van der Waals surface area contributed by atoms with Crippen LogP contribution in [0.2, 0.25) is 0 Å². The highest BCUT2D eigenvalue weighted by Gasteiger charge is 2.21. The first-order valence-electron chi connectivity index (χ1n) is 8.38. The molecule has 1 aromatic heterocycles. The number of aliphatic hydroxyl groups is 1. The molecule has 0 aliphatic carbocycles. The molecule has 0 unspecified atom stereocenters. The minimum absolute atomic E-state index is 0.0200. The molecule has 1 aromatic carbocycles. The number of aromatic nitrogens is 2. The monoisotopic (exact) mass is 342 g/mol. The third kappa shape index (κ3) is 4.06. The van der Waals surface area contributed by atoms with Crippen molar-refractivity contribution >= 4 is 11.8 Å². The van der Waals surface area contributed by atoms with E-state index in [9.17, 15) is 14.7 Å². The van der Waals surface area contributed by atoms with E-state index in [1.54, 1.807) is 22.6 Å². The summed E-state index contributed by atoms with van der Waals surface area (Å²) in [5.74, 6) is -0.309. The summed E-state index contributed by atoms with van der Waals surface area (Å²) in [6.45, 7) is 3.50. The highest BCUT2D eigenvalue weighted by Crippen LogP contribution is 2.15. The quantitative estimate of drug-likeness (QED) is 0.871. The van der Waals surface area contributed by atoms with Crippen molar-refractivity contribution in [2.45, 2.75) is 32.5 Å². The molecule has 1 atom stereocenters. The summed E-state index contributed by atoms with van der Waals surface area (Å²) in [7, 11) is 0. The van der Waals surface area contributed by atoms with E-state index in [1.807, 2.05) is 30.3 Å². The molecule has 2 amide bonds. The topological polar surface area (TPSA) is 87.5 Å². The normalized spacial score (nSPS) is 15.2. The van der Waals surface area contributed by atoms with E-state index in [1.165, 1.54) is 0 Å². The van der Waals surface area contributed by atoms with Crippen molar-refractivity contribution in [3.63, 3.8) is 0 Å². The van der Waals surface area contributed by atoms with Crippen LogP contribution in [0, 0.1) is 0 Å². The molecule has 7 heteroatoms. The largest absolute Gasteiger partial charge is 0.387 e. The predicted molar refractivity (Wildman–Crippen MR) is 91.7 cm³/mol. The fourth-order valence-corrected chi connectivity index (χ4v) is 2.91. The first kappa shape index (κ1) is 17.2. The van der Waals surface area contributed by atoms with Crippen LogP contribution in [0.25, 0.3) is 0 Å². The van der Waals surface area contributed by atoms with E-state index in [4.69, 9.17) is 0 Å². The Kier molecular flexibility index (Phi) is 5.14. The summed E-state index contributed by atoms with van der Waals surface area (Å²) in [5.41, 5.74) is 1.91. The molecule has 132 valence electrons. The van der Waals surface area contributed by atoms with Crippen LogP contribution in [0.1, 0.15) is 41.2 Å². The highest BCUT2D eigenvalue weighted by molar-refractivity contribution is 5.92. The van der Waals surface area contributed by atoms with Crippen molar-refractivity contribution in [3.05, 3.63) is 53.3 Å². The van der Waals surface area contributed by atoms with Crippen LogP contribution in [0.15, 0.2) is 36.4 Å². The van der Waals surface area contributed by atoms with Gasteiger partial charge in [0.25, 0.3) is 5.91 Å². The molecule has 1 aliphatic rings. The molecule has 7 nitrogen and oxygen atoms in total. The van der Waals surface area contributed by atoms with Gasteiger partial charge in [0.2, 0.25) is 5.91 Å². The summed E-state index contributed by atoms with van der Waals surface area (Å²) in [6, 6.07) is 10.9. The predicted octanol–water partition coefficient (Wildman–Crippen LogP) is 1.10. The molecule has 0 spiro atoms. The lowest BCUT2D eigenvalue weighted by Crippen LogP contribution is -2.29. The number of rotatable bonds is 4. The van der Waals surface area contributed by atoms with Gasteiger partial charge in [-0.25, -0.2) is 0 Å². The maximum atomic E-state index is 12.3. The van der Waals surface area contributed by atoms with Gasteiger partial charge in [-0.1, -0.05) is 30.3 Å². The average molecular weight is 342 g/mol. The molecular formula is C18H22N4O3. The Morgan fingerprint density at radius 3 is 2.76 bits per heavy atom. The summed E-state index contributed by atoms with van der Waals surface area (Å²) in [6.07, 6.45) is 0.0426. The fraction of sp³-hybridized carbons (Fsp3) is 0.389. The first-order chi connectivity index (χ1) is 12.0. The Morgan fingerprint density at radius 2 is 2.04 bits per heavy atom. The van der Waals surface area contributed by atoms with Crippen molar-refractivity contribution in [1.29, 1.82) is 0 Å². The summed E-state index contributed by atoms with van der Waals surface area (Å²) in [5, 5.41) is 17.2. The number of aliphatic hydroxyl groups excluding tert-OH is 1. The molecule has 0 radical (unpaired) electrons. The molecular weight excluding hydrogens is 320 g/mol. The standard InChI is InChI=1S/C18H22N4O3/c1-13(23)21-8-5-9-22-15(12-21)10-16(20-22)18(25)19-11-17(24)14-6-3-2-4-7-14/h2-4,6-7,10,17,24H,5,8-9,11-12H2,1H3,(H,19,25)/t17-/m1/s1. The Labute approximate surface area is 146 Å². The van der Waals surface area contributed by atoms with Crippen LogP contribution in [-0.4, -0.2) is 44.7 Å². The fourth-order valence-electron chi connectivity index (χ4n) is 2.91. The lowest BCUT2D eigenvalue weighted by atomic mass is 10.1. The number of hydrogen-bond donors (Lipinski definition) is 2. The van der Waals surface area contributed by atoms with Crippen LogP contribution in [0.4, 0.5) is 0 Å². The smallest absolute Gasteiger partial charge is 0.271 e. The molecule has 2 heterocycles. The zero-order valence-corrected chi connectivity index (χ0v) is 14.2. The highest BCUT2D eigenvalue weighted by atomic mass is 16.3. The van der Waals surface area contributed by atoms with Crippen LogP contribution < -0.4 is 5.32 Å². The number of carbonyl (C=O) groups is 2. The van der Waals surface area contributed by atoms with E-state index in [0.29, 0.717) is 25.3 Å². The number of amides is 2. The van der Waals surface area contributed by atoms with Gasteiger partial charge in [-0.3, -0.25) is 14.3 Å². The Morgan fingerprint density at radius 1 is 1.28 bits per heavy atom. The maximum absolute atomic E-state index is 12.3. The molecule has 2 aromatic rings. The number of fused-ring (bicyclic) bond motifs is 1. The Hall–Kier alpha value is -2.67. The van der Waals surface area contributed by atoms with Crippen molar-refractivity contribution in [2.24, 2.45) is 0 Å².